The number of nitrogens with zero attached hydrogens (tertiary/aromatic N) is 2. The van der Waals surface area contributed by atoms with E-state index in [9.17, 15) is 9.18 Å². The summed E-state index contributed by atoms with van der Waals surface area (Å²) in [6.07, 6.45) is 1.90. The molecule has 0 saturated carbocycles. The predicted octanol–water partition coefficient (Wildman–Crippen LogP) is 2.79. The van der Waals surface area contributed by atoms with Gasteiger partial charge < -0.3 is 11.1 Å². The molecule has 0 spiro atoms. The lowest BCUT2D eigenvalue weighted by Crippen LogP contribution is -2.47. The van der Waals surface area contributed by atoms with E-state index >= 15 is 0 Å². The minimum atomic E-state index is -0.336. The number of carbonyl (C=O) groups is 1. The van der Waals surface area contributed by atoms with Gasteiger partial charge in [0.05, 0.1) is 0 Å². The minimum absolute atomic E-state index is 0.0588. The molecule has 8 heteroatoms. The molecule has 25 heavy (non-hydrogen) atoms. The van der Waals surface area contributed by atoms with Gasteiger partial charge in [0.2, 0.25) is 0 Å². The molecular weight excluding hydrogens is 363 g/mol. The Hall–Kier alpha value is -1.54. The predicted molar refractivity (Wildman–Crippen MR) is 97.2 cm³/mol. The lowest BCUT2D eigenvalue weighted by atomic mass is 10.0. The van der Waals surface area contributed by atoms with Crippen molar-refractivity contribution in [2.45, 2.75) is 32.0 Å². The van der Waals surface area contributed by atoms with Gasteiger partial charge in [0.15, 0.2) is 0 Å². The molecule has 1 atom stereocenters. The Kier molecular flexibility index (Phi) is 6.01. The van der Waals surface area contributed by atoms with E-state index in [0.717, 1.165) is 36.5 Å². The van der Waals surface area contributed by atoms with Crippen LogP contribution >= 0.6 is 22.9 Å². The molecule has 5 nitrogen and oxygen atoms in total. The van der Waals surface area contributed by atoms with Gasteiger partial charge in [-0.1, -0.05) is 17.7 Å². The van der Waals surface area contributed by atoms with Crippen LogP contribution in [0.25, 0.3) is 0 Å². The van der Waals surface area contributed by atoms with Crippen LogP contribution in [0.5, 0.6) is 0 Å². The number of thiazole rings is 1. The number of nitrogens with two attached hydrogens (primary N) is 1. The zero-order valence-electron chi connectivity index (χ0n) is 13.7. The fourth-order valence-corrected chi connectivity index (χ4v) is 3.86. The molecule has 134 valence electrons. The molecule has 0 radical (unpaired) electrons. The van der Waals surface area contributed by atoms with E-state index < -0.39 is 0 Å². The average Bonchev–Trinajstić information content (AvgIpc) is 3.07. The van der Waals surface area contributed by atoms with Gasteiger partial charge >= 0.3 is 0 Å². The first-order valence-corrected chi connectivity index (χ1v) is 9.42. The molecule has 1 unspecified atom stereocenters. The van der Waals surface area contributed by atoms with Crippen LogP contribution in [0.1, 0.15) is 33.9 Å². The molecule has 1 aliphatic rings. The molecule has 1 aliphatic heterocycles. The van der Waals surface area contributed by atoms with Crippen LogP contribution in [0.15, 0.2) is 23.6 Å². The molecule has 1 saturated heterocycles. The number of likely N-dealkylation sites (tertiary alicyclic amines) is 1. The van der Waals surface area contributed by atoms with Crippen LogP contribution in [0.4, 0.5) is 4.39 Å². The highest BCUT2D eigenvalue weighted by Crippen LogP contribution is 2.21. The summed E-state index contributed by atoms with van der Waals surface area (Å²) < 4.78 is 13.2. The number of amides is 1. The van der Waals surface area contributed by atoms with Crippen molar-refractivity contribution in [2.24, 2.45) is 5.73 Å². The fourth-order valence-electron chi connectivity index (χ4n) is 2.98. The monoisotopic (exact) mass is 382 g/mol. The topological polar surface area (TPSA) is 71.2 Å². The second kappa shape index (κ2) is 8.23. The Labute approximate surface area is 155 Å². The summed E-state index contributed by atoms with van der Waals surface area (Å²) in [6, 6.07) is 4.52. The van der Waals surface area contributed by atoms with E-state index in [0.29, 0.717) is 23.8 Å². The van der Waals surface area contributed by atoms with Crippen molar-refractivity contribution in [3.8, 4) is 0 Å². The summed E-state index contributed by atoms with van der Waals surface area (Å²) in [5.74, 6) is -0.500. The highest BCUT2D eigenvalue weighted by atomic mass is 35.5. The summed E-state index contributed by atoms with van der Waals surface area (Å²) in [7, 11) is 0. The van der Waals surface area contributed by atoms with E-state index in [4.69, 9.17) is 17.3 Å². The van der Waals surface area contributed by atoms with Crippen molar-refractivity contribution >= 4 is 28.8 Å². The van der Waals surface area contributed by atoms with Gasteiger partial charge in [-0.2, -0.15) is 0 Å². The number of benzene rings is 1. The third-order valence-corrected chi connectivity index (χ3v) is 5.43. The van der Waals surface area contributed by atoms with Crippen molar-refractivity contribution in [3.63, 3.8) is 0 Å². The zero-order chi connectivity index (χ0) is 17.8. The Morgan fingerprint density at radius 3 is 3.08 bits per heavy atom. The molecule has 2 heterocycles. The molecule has 1 amide bonds. The molecule has 0 bridgehead atoms. The number of carbonyl (C=O) groups excluding carboxylic acids is 1. The van der Waals surface area contributed by atoms with E-state index in [1.54, 1.807) is 11.4 Å². The number of hydrogen-bond acceptors (Lipinski definition) is 5. The van der Waals surface area contributed by atoms with Crippen molar-refractivity contribution in [1.82, 2.24) is 15.2 Å². The Morgan fingerprint density at radius 1 is 1.52 bits per heavy atom. The Morgan fingerprint density at radius 2 is 2.36 bits per heavy atom. The fraction of sp³-hybridized carbons (Fsp3) is 0.412. The first kappa shape index (κ1) is 18.3. The SMILES string of the molecule is NCc1nc(C(=O)NC2CCCN(Cc3ccc(F)cc3Cl)C2)cs1. The van der Waals surface area contributed by atoms with E-state index in [1.165, 1.54) is 23.5 Å². The summed E-state index contributed by atoms with van der Waals surface area (Å²) in [5, 5.41) is 5.96. The lowest BCUT2D eigenvalue weighted by molar-refractivity contribution is 0.0896. The molecule has 1 aromatic carbocycles. The molecule has 0 aliphatic carbocycles. The summed E-state index contributed by atoms with van der Waals surface area (Å²) in [5.41, 5.74) is 6.85. The van der Waals surface area contributed by atoms with Crippen LogP contribution in [0.2, 0.25) is 5.02 Å². The molecule has 3 N–H and O–H groups in total. The van der Waals surface area contributed by atoms with Gasteiger partial charge in [0.25, 0.3) is 5.91 Å². The largest absolute Gasteiger partial charge is 0.347 e. The second-order valence-corrected chi connectivity index (χ2v) is 7.46. The number of piperidine rings is 1. The van der Waals surface area contributed by atoms with Gasteiger partial charge in [-0.3, -0.25) is 9.69 Å². The third-order valence-electron chi connectivity index (χ3n) is 4.21. The smallest absolute Gasteiger partial charge is 0.271 e. The highest BCUT2D eigenvalue weighted by molar-refractivity contribution is 7.09. The van der Waals surface area contributed by atoms with Crippen molar-refractivity contribution in [2.75, 3.05) is 13.1 Å². The summed E-state index contributed by atoms with van der Waals surface area (Å²) in [4.78, 5) is 18.7. The van der Waals surface area contributed by atoms with Crippen LogP contribution in [-0.2, 0) is 13.1 Å². The molecular formula is C17H20ClFN4OS. The maximum atomic E-state index is 13.2. The van der Waals surface area contributed by atoms with Crippen LogP contribution < -0.4 is 11.1 Å². The number of aromatic nitrogens is 1. The van der Waals surface area contributed by atoms with Crippen molar-refractivity contribution < 1.29 is 9.18 Å². The quantitative estimate of drug-likeness (QED) is 0.834. The minimum Gasteiger partial charge on any atom is -0.347 e. The zero-order valence-corrected chi connectivity index (χ0v) is 15.2. The Bertz CT molecular complexity index is 754. The maximum absolute atomic E-state index is 13.2. The summed E-state index contributed by atoms with van der Waals surface area (Å²) in [6.45, 7) is 2.63. The first-order chi connectivity index (χ1) is 12.0. The molecule has 3 rings (SSSR count). The summed E-state index contributed by atoms with van der Waals surface area (Å²) >= 11 is 7.50. The second-order valence-electron chi connectivity index (χ2n) is 6.11. The van der Waals surface area contributed by atoms with Gasteiger partial charge in [-0.15, -0.1) is 11.3 Å². The van der Waals surface area contributed by atoms with Crippen molar-refractivity contribution in [3.05, 3.63) is 50.7 Å². The van der Waals surface area contributed by atoms with E-state index in [1.807, 2.05) is 0 Å². The normalized spacial score (nSPS) is 18.3. The number of hydrogen-bond donors (Lipinski definition) is 2. The van der Waals surface area contributed by atoms with Gasteiger partial charge in [-0.05, 0) is 37.1 Å². The van der Waals surface area contributed by atoms with E-state index in [-0.39, 0.29) is 17.8 Å². The van der Waals surface area contributed by atoms with Gasteiger partial charge in [0.1, 0.15) is 16.5 Å². The third kappa shape index (κ3) is 4.76. The maximum Gasteiger partial charge on any atom is 0.271 e. The van der Waals surface area contributed by atoms with Gasteiger partial charge in [-0.25, -0.2) is 9.37 Å². The van der Waals surface area contributed by atoms with Gasteiger partial charge in [0, 0.05) is 36.1 Å². The Balaban J connectivity index is 1.58. The van der Waals surface area contributed by atoms with Crippen LogP contribution in [-0.4, -0.2) is 34.9 Å². The van der Waals surface area contributed by atoms with Crippen LogP contribution in [0.3, 0.4) is 0 Å². The molecule has 1 aromatic heterocycles. The molecule has 1 fully saturated rings. The lowest BCUT2D eigenvalue weighted by Gasteiger charge is -2.33. The van der Waals surface area contributed by atoms with Crippen molar-refractivity contribution in [1.29, 1.82) is 0 Å². The first-order valence-electron chi connectivity index (χ1n) is 8.17. The number of rotatable bonds is 5. The van der Waals surface area contributed by atoms with Crippen LogP contribution in [0, 0.1) is 5.82 Å². The highest BCUT2D eigenvalue weighted by Gasteiger charge is 2.23. The average molecular weight is 383 g/mol. The van der Waals surface area contributed by atoms with E-state index in [2.05, 4.69) is 15.2 Å². The number of halogens is 2. The standard InChI is InChI=1S/C17H20ClFN4OS/c18-14-6-12(19)4-3-11(14)8-23-5-1-2-13(9-23)21-17(24)15-10-25-16(7-20)22-15/h3-4,6,10,13H,1-2,5,7-9,20H2,(H,21,24). The number of nitrogens with one attached hydrogen (secondary N) is 1. The molecule has 2 aromatic rings.